The molecule has 0 unspecified atom stereocenters. The molecule has 0 aromatic heterocycles. The highest BCUT2D eigenvalue weighted by molar-refractivity contribution is 5.85. The van der Waals surface area contributed by atoms with Crippen molar-refractivity contribution in [3.63, 3.8) is 0 Å². The van der Waals surface area contributed by atoms with Crippen LogP contribution in [0.1, 0.15) is 86.8 Å². The molecule has 4 nitrogen and oxygen atoms in total. The Labute approximate surface area is 206 Å². The van der Waals surface area contributed by atoms with Gasteiger partial charge >= 0.3 is 0 Å². The zero-order valence-electron chi connectivity index (χ0n) is 21.8. The third kappa shape index (κ3) is 4.85. The minimum atomic E-state index is 0.399. The van der Waals surface area contributed by atoms with Crippen LogP contribution in [0.3, 0.4) is 0 Å². The van der Waals surface area contributed by atoms with E-state index in [0.717, 1.165) is 100 Å². The zero-order valence-corrected chi connectivity index (χ0v) is 21.8. The van der Waals surface area contributed by atoms with Gasteiger partial charge in [-0.1, -0.05) is 39.8 Å². The summed E-state index contributed by atoms with van der Waals surface area (Å²) < 4.78 is 0. The van der Waals surface area contributed by atoms with E-state index in [1.165, 1.54) is 35.1 Å². The third-order valence-corrected chi connectivity index (χ3v) is 8.23. The van der Waals surface area contributed by atoms with E-state index in [2.05, 4.69) is 49.6 Å². The second-order valence-corrected chi connectivity index (χ2v) is 10.1. The number of aryl methyl sites for hydroxylation is 2. The summed E-state index contributed by atoms with van der Waals surface area (Å²) in [5.74, 6) is 0.797. The van der Waals surface area contributed by atoms with Gasteiger partial charge in [0.25, 0.3) is 0 Å². The summed E-state index contributed by atoms with van der Waals surface area (Å²) in [5.41, 5.74) is 9.20. The lowest BCUT2D eigenvalue weighted by Gasteiger charge is -2.30. The van der Waals surface area contributed by atoms with Gasteiger partial charge in [-0.3, -0.25) is 9.80 Å². The van der Waals surface area contributed by atoms with Gasteiger partial charge < -0.3 is 10.2 Å². The van der Waals surface area contributed by atoms with Crippen LogP contribution in [0.25, 0.3) is 11.1 Å². The van der Waals surface area contributed by atoms with Crippen molar-refractivity contribution < 1.29 is 10.2 Å². The molecule has 0 bridgehead atoms. The topological polar surface area (TPSA) is 46.9 Å². The fraction of sp³-hybridized carbons (Fsp3) is 0.600. The summed E-state index contributed by atoms with van der Waals surface area (Å²) in [6.45, 7) is 14.1. The maximum absolute atomic E-state index is 11.8. The van der Waals surface area contributed by atoms with Crippen LogP contribution in [0.2, 0.25) is 0 Å². The molecule has 0 radical (unpaired) electrons. The maximum atomic E-state index is 11.8. The average Bonchev–Trinajstić information content (AvgIpc) is 2.87. The van der Waals surface area contributed by atoms with E-state index >= 15 is 0 Å². The van der Waals surface area contributed by atoms with Gasteiger partial charge in [0, 0.05) is 35.3 Å². The third-order valence-electron chi connectivity index (χ3n) is 8.23. The molecule has 2 aliphatic rings. The van der Waals surface area contributed by atoms with E-state index in [0.29, 0.717) is 11.5 Å². The smallest absolute Gasteiger partial charge is 0.128 e. The molecule has 2 aromatic rings. The number of hydrogen-bond acceptors (Lipinski definition) is 4. The Kier molecular flexibility index (Phi) is 8.21. The van der Waals surface area contributed by atoms with E-state index in [-0.39, 0.29) is 0 Å². The second kappa shape index (κ2) is 11.1. The predicted molar refractivity (Wildman–Crippen MR) is 142 cm³/mol. The molecule has 0 saturated heterocycles. The lowest BCUT2D eigenvalue weighted by molar-refractivity contribution is 0.290. The molecule has 0 saturated carbocycles. The van der Waals surface area contributed by atoms with Crippen LogP contribution >= 0.6 is 0 Å². The quantitative estimate of drug-likeness (QED) is 0.463. The van der Waals surface area contributed by atoms with Crippen molar-refractivity contribution in [1.82, 2.24) is 9.80 Å². The van der Waals surface area contributed by atoms with Crippen molar-refractivity contribution in [3.8, 4) is 22.6 Å². The van der Waals surface area contributed by atoms with Crippen molar-refractivity contribution in [2.75, 3.05) is 26.2 Å². The fourth-order valence-corrected chi connectivity index (χ4v) is 6.07. The largest absolute Gasteiger partial charge is 0.507 e. The standard InChI is InChI=1S/C30H44N2O2/c1-5-31(6-2)19-23-17-21-13-9-11-15-25(21)27(29(23)33)28-26-16-12-10-14-22(26)18-24(30(28)34)20-32(7-3)8-4/h17-18,33-34H,5-16,19-20H2,1-4H3. The van der Waals surface area contributed by atoms with E-state index in [4.69, 9.17) is 0 Å². The van der Waals surface area contributed by atoms with Gasteiger partial charge in [0.05, 0.1) is 0 Å². The van der Waals surface area contributed by atoms with Gasteiger partial charge in [0.2, 0.25) is 0 Å². The normalized spacial score (nSPS) is 15.6. The molecule has 0 fully saturated rings. The minimum absolute atomic E-state index is 0.399. The number of phenols is 2. The maximum Gasteiger partial charge on any atom is 0.128 e. The molecule has 2 N–H and O–H groups in total. The number of phenolic OH excluding ortho intramolecular Hbond substituents is 2. The molecular weight excluding hydrogens is 420 g/mol. The zero-order chi connectivity index (χ0) is 24.2. The number of hydrogen-bond donors (Lipinski definition) is 2. The Balaban J connectivity index is 1.95. The molecule has 0 atom stereocenters. The summed E-state index contributed by atoms with van der Waals surface area (Å²) in [7, 11) is 0. The highest BCUT2D eigenvalue weighted by Crippen LogP contribution is 2.49. The Morgan fingerprint density at radius 3 is 1.29 bits per heavy atom. The summed E-state index contributed by atoms with van der Waals surface area (Å²) in [4.78, 5) is 4.72. The summed E-state index contributed by atoms with van der Waals surface area (Å²) >= 11 is 0. The average molecular weight is 465 g/mol. The first kappa shape index (κ1) is 25.1. The van der Waals surface area contributed by atoms with Gasteiger partial charge in [-0.05, 0) is 99.8 Å². The fourth-order valence-electron chi connectivity index (χ4n) is 6.07. The van der Waals surface area contributed by atoms with Crippen LogP contribution < -0.4 is 0 Å². The molecule has 0 amide bonds. The summed E-state index contributed by atoms with van der Waals surface area (Å²) in [5, 5.41) is 23.6. The predicted octanol–water partition coefficient (Wildman–Crippen LogP) is 6.21. The number of benzene rings is 2. The lowest BCUT2D eigenvalue weighted by atomic mass is 9.78. The highest BCUT2D eigenvalue weighted by Gasteiger charge is 2.29. The van der Waals surface area contributed by atoms with Gasteiger partial charge in [-0.2, -0.15) is 0 Å². The van der Waals surface area contributed by atoms with Crippen molar-refractivity contribution in [1.29, 1.82) is 0 Å². The SMILES string of the molecule is CCN(CC)Cc1cc2c(c(-c3c(O)c(CN(CC)CC)cc4c3CCCC4)c1O)CCCC2. The number of fused-ring (bicyclic) bond motifs is 2. The van der Waals surface area contributed by atoms with Crippen molar-refractivity contribution >= 4 is 0 Å². The summed E-state index contributed by atoms with van der Waals surface area (Å²) in [6, 6.07) is 4.52. The molecular formula is C30H44N2O2. The Morgan fingerprint density at radius 1 is 0.588 bits per heavy atom. The van der Waals surface area contributed by atoms with E-state index in [1.807, 2.05) is 0 Å². The molecule has 186 valence electrons. The van der Waals surface area contributed by atoms with Crippen LogP contribution in [-0.2, 0) is 38.8 Å². The van der Waals surface area contributed by atoms with Crippen LogP contribution in [0, 0.1) is 0 Å². The van der Waals surface area contributed by atoms with Crippen molar-refractivity contribution in [2.24, 2.45) is 0 Å². The Bertz CT molecular complexity index is 924. The minimum Gasteiger partial charge on any atom is -0.507 e. The van der Waals surface area contributed by atoms with Gasteiger partial charge in [-0.25, -0.2) is 0 Å². The lowest BCUT2D eigenvalue weighted by Crippen LogP contribution is -2.23. The van der Waals surface area contributed by atoms with Crippen LogP contribution in [-0.4, -0.2) is 46.2 Å². The first-order valence-electron chi connectivity index (χ1n) is 13.7. The van der Waals surface area contributed by atoms with Crippen LogP contribution in [0.5, 0.6) is 11.5 Å². The number of aromatic hydroxyl groups is 2. The first-order chi connectivity index (χ1) is 16.5. The Hall–Kier alpha value is -2.04. The highest BCUT2D eigenvalue weighted by atomic mass is 16.3. The first-order valence-corrected chi connectivity index (χ1v) is 13.7. The molecule has 4 heteroatoms. The van der Waals surface area contributed by atoms with Gasteiger partial charge in [0.15, 0.2) is 0 Å². The number of rotatable bonds is 9. The second-order valence-electron chi connectivity index (χ2n) is 10.1. The molecule has 34 heavy (non-hydrogen) atoms. The monoisotopic (exact) mass is 464 g/mol. The van der Waals surface area contributed by atoms with Gasteiger partial charge in [-0.15, -0.1) is 0 Å². The van der Waals surface area contributed by atoms with Crippen LogP contribution in [0.15, 0.2) is 12.1 Å². The molecule has 0 aliphatic heterocycles. The number of nitrogens with zero attached hydrogens (tertiary/aromatic N) is 2. The van der Waals surface area contributed by atoms with E-state index in [1.54, 1.807) is 0 Å². The van der Waals surface area contributed by atoms with E-state index in [9.17, 15) is 10.2 Å². The molecule has 2 aliphatic carbocycles. The molecule has 2 aromatic carbocycles. The molecule has 0 heterocycles. The van der Waals surface area contributed by atoms with Crippen molar-refractivity contribution in [3.05, 3.63) is 45.5 Å². The molecule has 0 spiro atoms. The van der Waals surface area contributed by atoms with E-state index < -0.39 is 0 Å². The van der Waals surface area contributed by atoms with Crippen molar-refractivity contribution in [2.45, 2.75) is 92.2 Å². The Morgan fingerprint density at radius 2 is 0.941 bits per heavy atom. The van der Waals surface area contributed by atoms with Crippen LogP contribution in [0.4, 0.5) is 0 Å². The summed E-state index contributed by atoms with van der Waals surface area (Å²) in [6.07, 6.45) is 8.80. The molecule has 4 rings (SSSR count). The van der Waals surface area contributed by atoms with Gasteiger partial charge in [0.1, 0.15) is 11.5 Å².